The summed E-state index contributed by atoms with van der Waals surface area (Å²) in [6, 6.07) is 4.11. The first-order chi connectivity index (χ1) is 13.4. The number of rotatable bonds is 1. The van der Waals surface area contributed by atoms with Gasteiger partial charge in [-0.15, -0.1) is 0 Å². The molecule has 31 heavy (non-hydrogen) atoms. The molecule has 2 rings (SSSR count). The van der Waals surface area contributed by atoms with Gasteiger partial charge in [-0.25, -0.2) is 0 Å². The second-order valence-corrected chi connectivity index (χ2v) is 8.94. The Morgan fingerprint density at radius 1 is 0.935 bits per heavy atom. The zero-order valence-corrected chi connectivity index (χ0v) is 22.0. The van der Waals surface area contributed by atoms with Crippen LogP contribution in [0.25, 0.3) is 0 Å². The third kappa shape index (κ3) is 20.8. The van der Waals surface area contributed by atoms with E-state index < -0.39 is 6.10 Å². The largest absolute Gasteiger partial charge is 3.00 e. The van der Waals surface area contributed by atoms with Crippen molar-refractivity contribution in [1.29, 1.82) is 0 Å². The number of likely N-dealkylation sites (N-methyl/N-ethyl adjacent to an activating group) is 3. The summed E-state index contributed by atoms with van der Waals surface area (Å²) in [5.41, 5.74) is 1.59. The zero-order chi connectivity index (χ0) is 22.4. The molecule has 0 bridgehead atoms. The molecule has 0 spiro atoms. The first-order valence-electron chi connectivity index (χ1n) is 10.4. The molecule has 1 aromatic rings. The smallest absolute Gasteiger partial charge is 0.513 e. The first-order valence-corrected chi connectivity index (χ1v) is 10.4. The minimum atomic E-state index is -0.537. The van der Waals surface area contributed by atoms with E-state index in [0.717, 1.165) is 0 Å². The molecule has 1 fully saturated rings. The van der Waals surface area contributed by atoms with Crippen molar-refractivity contribution in [2.75, 3.05) is 60.4 Å². The van der Waals surface area contributed by atoms with Gasteiger partial charge in [-0.3, -0.25) is 4.98 Å². The zero-order valence-electron chi connectivity index (χ0n) is 20.2. The van der Waals surface area contributed by atoms with Crippen molar-refractivity contribution in [2.45, 2.75) is 53.6 Å². The summed E-state index contributed by atoms with van der Waals surface area (Å²) in [6.07, 6.45) is 4.49. The second-order valence-electron chi connectivity index (χ2n) is 8.94. The number of aliphatic hydroxyl groups is 2. The summed E-state index contributed by atoms with van der Waals surface area (Å²) in [5, 5.41) is 16.9. The van der Waals surface area contributed by atoms with Gasteiger partial charge in [0.25, 0.3) is 0 Å². The second kappa shape index (κ2) is 18.7. The van der Waals surface area contributed by atoms with Gasteiger partial charge in [0.1, 0.15) is 0 Å². The SMILES string of the molecule is C.CC(C)(C)c1ccncc1.CC(O)=CC(C)O.CN1CCN(C)CCN(C)CC1.[Ru+3]. The van der Waals surface area contributed by atoms with E-state index in [9.17, 15) is 0 Å². The normalized spacial score (nSPS) is 17.6. The summed E-state index contributed by atoms with van der Waals surface area (Å²) in [5.74, 6) is 0.162. The number of nitrogens with zero attached hydrogens (tertiary/aromatic N) is 4. The third-order valence-electron chi connectivity index (χ3n) is 4.62. The molecule has 0 amide bonds. The van der Waals surface area contributed by atoms with Crippen LogP contribution in [0.2, 0.25) is 0 Å². The Kier molecular flexibility index (Phi) is 21.0. The summed E-state index contributed by atoms with van der Waals surface area (Å²) in [4.78, 5) is 11.2. The average Bonchev–Trinajstić information content (AvgIpc) is 2.69. The van der Waals surface area contributed by atoms with E-state index in [-0.39, 0.29) is 38.1 Å². The summed E-state index contributed by atoms with van der Waals surface area (Å²) in [7, 11) is 6.60. The number of hydrogen-bond donors (Lipinski definition) is 2. The van der Waals surface area contributed by atoms with Crippen molar-refractivity contribution in [1.82, 2.24) is 19.7 Å². The Bertz CT molecular complexity index is 523. The van der Waals surface area contributed by atoms with E-state index in [0.29, 0.717) is 0 Å². The van der Waals surface area contributed by atoms with Gasteiger partial charge in [0.15, 0.2) is 0 Å². The molecule has 181 valence electrons. The van der Waals surface area contributed by atoms with Crippen LogP contribution in [0.5, 0.6) is 0 Å². The Hall–Kier alpha value is -0.847. The van der Waals surface area contributed by atoms with E-state index in [1.807, 2.05) is 12.4 Å². The summed E-state index contributed by atoms with van der Waals surface area (Å²) in [6.45, 7) is 16.9. The van der Waals surface area contributed by atoms with Gasteiger partial charge >= 0.3 is 19.5 Å². The predicted molar refractivity (Wildman–Crippen MR) is 130 cm³/mol. The van der Waals surface area contributed by atoms with Crippen LogP contribution < -0.4 is 0 Å². The van der Waals surface area contributed by atoms with Crippen LogP contribution in [0.1, 0.15) is 47.6 Å². The molecule has 1 unspecified atom stereocenters. The number of aromatic nitrogens is 1. The average molecular weight is 526 g/mol. The van der Waals surface area contributed by atoms with Crippen molar-refractivity contribution >= 4 is 0 Å². The maximum Gasteiger partial charge on any atom is 3.00 e. The molecule has 0 aliphatic carbocycles. The molecule has 7 heteroatoms. The number of allylic oxidation sites excluding steroid dienone is 1. The van der Waals surface area contributed by atoms with Crippen molar-refractivity contribution in [3.05, 3.63) is 41.9 Å². The van der Waals surface area contributed by atoms with Gasteiger partial charge in [0.05, 0.1) is 11.9 Å². The predicted octanol–water partition coefficient (Wildman–Crippen LogP) is 3.64. The molecule has 1 aliphatic heterocycles. The molecule has 0 aromatic carbocycles. The number of aliphatic hydroxyl groups excluding tert-OH is 2. The van der Waals surface area contributed by atoms with E-state index in [2.05, 4.69) is 73.7 Å². The molecule has 1 radical (unpaired) electrons. The van der Waals surface area contributed by atoms with E-state index in [4.69, 9.17) is 10.2 Å². The number of hydrogen-bond acceptors (Lipinski definition) is 6. The van der Waals surface area contributed by atoms with Crippen molar-refractivity contribution in [3.63, 3.8) is 0 Å². The van der Waals surface area contributed by atoms with Crippen molar-refractivity contribution in [2.24, 2.45) is 0 Å². The quantitative estimate of drug-likeness (QED) is 0.431. The molecular weight excluding hydrogens is 477 g/mol. The molecule has 2 N–H and O–H groups in total. The van der Waals surface area contributed by atoms with Gasteiger partial charge in [-0.2, -0.15) is 0 Å². The molecule has 1 atom stereocenters. The molecule has 1 saturated heterocycles. The van der Waals surface area contributed by atoms with Crippen LogP contribution in [0.4, 0.5) is 0 Å². The minimum absolute atomic E-state index is 0. The van der Waals surface area contributed by atoms with E-state index in [1.54, 1.807) is 6.92 Å². The fourth-order valence-electron chi connectivity index (χ4n) is 2.56. The Balaban J connectivity index is -0.000000380. The molecule has 1 aliphatic rings. The molecule has 2 heterocycles. The fraction of sp³-hybridized carbons (Fsp3) is 0.708. The van der Waals surface area contributed by atoms with Crippen molar-refractivity contribution in [3.8, 4) is 0 Å². The van der Waals surface area contributed by atoms with Crippen LogP contribution in [0.15, 0.2) is 36.4 Å². The van der Waals surface area contributed by atoms with Gasteiger partial charge in [0.2, 0.25) is 0 Å². The topological polar surface area (TPSA) is 63.1 Å². The number of pyridine rings is 1. The Labute approximate surface area is 205 Å². The maximum absolute atomic E-state index is 8.49. The van der Waals surface area contributed by atoms with E-state index in [1.165, 1.54) is 57.8 Å². The summed E-state index contributed by atoms with van der Waals surface area (Å²) < 4.78 is 0. The standard InChI is InChI=1S/C9H21N3.C9H13N.C5H10O2.CH4.Ru/c1-10-4-6-11(2)8-9-12(3)7-5-10;1-9(2,3)8-4-6-10-7-5-8;1-4(6)3-5(2)7;;/h4-9H2,1-3H3;4-7H,1-3H3;3-4,6-7H,1-2H3;1H4;/q;;;;+3. The maximum atomic E-state index is 8.49. The minimum Gasteiger partial charge on any atom is -0.513 e. The summed E-state index contributed by atoms with van der Waals surface area (Å²) >= 11 is 0. The first kappa shape index (κ1) is 34.8. The van der Waals surface area contributed by atoms with Crippen LogP contribution in [0.3, 0.4) is 0 Å². The van der Waals surface area contributed by atoms with E-state index >= 15 is 0 Å². The van der Waals surface area contributed by atoms with Crippen molar-refractivity contribution < 1.29 is 29.7 Å². The fourth-order valence-corrected chi connectivity index (χ4v) is 2.56. The Morgan fingerprint density at radius 2 is 1.26 bits per heavy atom. The van der Waals surface area contributed by atoms with Crippen LogP contribution in [-0.4, -0.2) is 96.4 Å². The molecule has 1 aromatic heterocycles. The monoisotopic (exact) mass is 526 g/mol. The van der Waals surface area contributed by atoms with Gasteiger partial charge in [0, 0.05) is 51.7 Å². The third-order valence-corrected chi connectivity index (χ3v) is 4.62. The molecule has 6 nitrogen and oxygen atoms in total. The van der Waals surface area contributed by atoms with Crippen LogP contribution in [-0.2, 0) is 24.9 Å². The van der Waals surface area contributed by atoms with Crippen LogP contribution >= 0.6 is 0 Å². The van der Waals surface area contributed by atoms with Gasteiger partial charge < -0.3 is 24.9 Å². The molecular formula is C24H48N4O2Ru+3. The molecule has 0 saturated carbocycles. The Morgan fingerprint density at radius 3 is 1.42 bits per heavy atom. The van der Waals surface area contributed by atoms with Gasteiger partial charge in [-0.05, 0) is 64.2 Å². The van der Waals surface area contributed by atoms with Crippen LogP contribution in [0, 0.1) is 0 Å². The van der Waals surface area contributed by atoms with Gasteiger partial charge in [-0.1, -0.05) is 28.2 Å².